The molecule has 0 radical (unpaired) electrons. The maximum Gasteiger partial charge on any atom is 0.416 e. The molecule has 2 amide bonds. The van der Waals surface area contributed by atoms with Crippen molar-refractivity contribution in [2.45, 2.75) is 19.4 Å². The van der Waals surface area contributed by atoms with Crippen LogP contribution in [0.25, 0.3) is 11.1 Å². The topological polar surface area (TPSA) is 46.6 Å². The third-order valence-corrected chi connectivity index (χ3v) is 3.73. The fourth-order valence-corrected chi connectivity index (χ4v) is 2.56. The molecule has 1 atom stereocenters. The van der Waals surface area contributed by atoms with Crippen LogP contribution in [0.4, 0.5) is 4.79 Å². The third-order valence-electron chi connectivity index (χ3n) is 3.73. The van der Waals surface area contributed by atoms with E-state index in [4.69, 9.17) is 4.74 Å². The quantitative estimate of drug-likeness (QED) is 0.729. The molecule has 112 valence electrons. The summed E-state index contributed by atoms with van der Waals surface area (Å²) in [5.41, 5.74) is 3.95. The maximum absolute atomic E-state index is 11.3. The van der Waals surface area contributed by atoms with Crippen LogP contribution in [0.2, 0.25) is 0 Å². The van der Waals surface area contributed by atoms with Gasteiger partial charge in [-0.1, -0.05) is 48.5 Å². The van der Waals surface area contributed by atoms with Gasteiger partial charge in [0.05, 0.1) is 6.04 Å². The van der Waals surface area contributed by atoms with Crippen molar-refractivity contribution in [2.24, 2.45) is 0 Å². The van der Waals surface area contributed by atoms with E-state index in [1.165, 1.54) is 23.0 Å². The summed E-state index contributed by atoms with van der Waals surface area (Å²) >= 11 is 0. The van der Waals surface area contributed by atoms with Crippen LogP contribution in [0.5, 0.6) is 0 Å². The van der Waals surface area contributed by atoms with E-state index in [9.17, 15) is 9.59 Å². The molecule has 1 aromatic carbocycles. The van der Waals surface area contributed by atoms with E-state index >= 15 is 0 Å². The lowest BCUT2D eigenvalue weighted by Gasteiger charge is -2.17. The fraction of sp³-hybridized carbons (Fsp3) is 0.222. The number of nitrogens with zero attached hydrogens (tertiary/aromatic N) is 1. The number of fused-ring (bicyclic) bond motifs is 1. The van der Waals surface area contributed by atoms with E-state index in [1.54, 1.807) is 0 Å². The summed E-state index contributed by atoms with van der Waals surface area (Å²) in [6.07, 6.45) is 0.111. The van der Waals surface area contributed by atoms with Crippen LogP contribution in [0, 0.1) is 0 Å². The Morgan fingerprint density at radius 1 is 1.14 bits per heavy atom. The Labute approximate surface area is 129 Å². The number of imide groups is 1. The van der Waals surface area contributed by atoms with Crippen molar-refractivity contribution in [2.75, 3.05) is 6.61 Å². The summed E-state index contributed by atoms with van der Waals surface area (Å²) in [5.74, 6) is -0.261. The number of rotatable bonds is 2. The number of carbonyl (C=O) groups is 2. The first-order valence-electron chi connectivity index (χ1n) is 7.26. The van der Waals surface area contributed by atoms with Gasteiger partial charge in [0.2, 0.25) is 5.91 Å². The van der Waals surface area contributed by atoms with Crippen LogP contribution < -0.4 is 0 Å². The predicted molar refractivity (Wildman–Crippen MR) is 83.2 cm³/mol. The van der Waals surface area contributed by atoms with Crippen molar-refractivity contribution in [3.63, 3.8) is 0 Å². The van der Waals surface area contributed by atoms with E-state index in [1.807, 2.05) is 30.3 Å². The molecule has 3 aliphatic rings. The monoisotopic (exact) mass is 295 g/mol. The van der Waals surface area contributed by atoms with Crippen molar-refractivity contribution in [1.29, 1.82) is 0 Å². The van der Waals surface area contributed by atoms with Crippen LogP contribution in [0.3, 0.4) is 0 Å². The van der Waals surface area contributed by atoms with Crippen LogP contribution in [-0.2, 0) is 16.0 Å². The Morgan fingerprint density at radius 2 is 1.82 bits per heavy atom. The molecule has 1 saturated heterocycles. The molecule has 0 saturated carbocycles. The summed E-state index contributed by atoms with van der Waals surface area (Å²) in [6.45, 7) is 1.66. The number of ether oxygens (including phenoxy) is 1. The molecular formula is C18H17NO3. The van der Waals surface area contributed by atoms with E-state index < -0.39 is 6.09 Å². The lowest BCUT2D eigenvalue weighted by Crippen LogP contribution is -2.38. The van der Waals surface area contributed by atoms with Crippen molar-refractivity contribution in [3.05, 3.63) is 60.2 Å². The summed E-state index contributed by atoms with van der Waals surface area (Å²) in [6, 6.07) is 18.1. The summed E-state index contributed by atoms with van der Waals surface area (Å²) in [4.78, 5) is 23.8. The molecule has 1 fully saturated rings. The molecule has 1 unspecified atom stereocenters. The van der Waals surface area contributed by atoms with Gasteiger partial charge in [-0.25, -0.2) is 9.69 Å². The zero-order valence-corrected chi connectivity index (χ0v) is 12.4. The second-order valence-corrected chi connectivity index (χ2v) is 5.39. The second-order valence-electron chi connectivity index (χ2n) is 5.39. The minimum atomic E-state index is -0.534. The second kappa shape index (κ2) is 6.02. The van der Waals surface area contributed by atoms with Gasteiger partial charge in [-0.05, 0) is 29.2 Å². The summed E-state index contributed by atoms with van der Waals surface area (Å²) in [5, 5.41) is 0. The standard InChI is InChI=1S/C12H13NO3.C6H4/c1-9(14)13-11(8-16-12(13)15)7-10-5-3-2-4-6-10;1-2-5-4-6(5)3-1/h2-6,11H,7-8H2,1H3;1-4H. The van der Waals surface area contributed by atoms with Crippen LogP contribution in [-0.4, -0.2) is 29.5 Å². The molecule has 22 heavy (non-hydrogen) atoms. The van der Waals surface area contributed by atoms with Crippen LogP contribution in [0.15, 0.2) is 54.6 Å². The van der Waals surface area contributed by atoms with Gasteiger partial charge < -0.3 is 4.74 Å². The smallest absolute Gasteiger partial charge is 0.416 e. The van der Waals surface area contributed by atoms with Crippen molar-refractivity contribution in [3.8, 4) is 11.1 Å². The molecule has 4 heteroatoms. The SMILES string of the molecule is CC(=O)N1C(=O)OCC1Cc1ccccc1.c1cc2cc-2c1. The van der Waals surface area contributed by atoms with Gasteiger partial charge in [-0.2, -0.15) is 0 Å². The Morgan fingerprint density at radius 3 is 2.32 bits per heavy atom. The largest absolute Gasteiger partial charge is 0.447 e. The molecule has 0 N–H and O–H groups in total. The Kier molecular flexibility index (Phi) is 3.92. The Balaban J connectivity index is 0.000000196. The average molecular weight is 295 g/mol. The first kappa shape index (κ1) is 14.3. The number of hydrogen-bond donors (Lipinski definition) is 0. The lowest BCUT2D eigenvalue weighted by atomic mass is 10.1. The number of cyclic esters (lactones) is 1. The fourth-order valence-electron chi connectivity index (χ4n) is 2.56. The highest BCUT2D eigenvalue weighted by molar-refractivity contribution is 5.92. The summed E-state index contributed by atoms with van der Waals surface area (Å²) in [7, 11) is 0. The molecular weight excluding hydrogens is 278 g/mol. The van der Waals surface area contributed by atoms with E-state index in [-0.39, 0.29) is 18.6 Å². The number of benzene rings is 2. The van der Waals surface area contributed by atoms with Gasteiger partial charge in [-0.3, -0.25) is 4.79 Å². The third kappa shape index (κ3) is 3.17. The highest BCUT2D eigenvalue weighted by Crippen LogP contribution is 2.32. The van der Waals surface area contributed by atoms with E-state index in [0.29, 0.717) is 6.42 Å². The molecule has 0 bridgehead atoms. The Bertz CT molecular complexity index is 679. The van der Waals surface area contributed by atoms with Gasteiger partial charge in [0.15, 0.2) is 0 Å². The van der Waals surface area contributed by atoms with Crippen molar-refractivity contribution in [1.82, 2.24) is 4.90 Å². The zero-order valence-electron chi connectivity index (χ0n) is 12.4. The highest BCUT2D eigenvalue weighted by atomic mass is 16.6. The predicted octanol–water partition coefficient (Wildman–Crippen LogP) is 3.26. The summed E-state index contributed by atoms with van der Waals surface area (Å²) < 4.78 is 4.88. The molecule has 1 aromatic rings. The minimum absolute atomic E-state index is 0.174. The molecule has 0 aromatic heterocycles. The van der Waals surface area contributed by atoms with E-state index in [2.05, 4.69) is 24.3 Å². The molecule has 4 rings (SSSR count). The first-order valence-corrected chi connectivity index (χ1v) is 7.26. The van der Waals surface area contributed by atoms with Gasteiger partial charge in [0.1, 0.15) is 6.61 Å². The number of amides is 2. The van der Waals surface area contributed by atoms with Gasteiger partial charge in [0, 0.05) is 6.92 Å². The molecule has 4 nitrogen and oxygen atoms in total. The average Bonchev–Trinajstić information content (AvgIpc) is 2.92. The number of carbonyl (C=O) groups excluding carboxylic acids is 2. The maximum atomic E-state index is 11.3. The molecule has 0 spiro atoms. The van der Waals surface area contributed by atoms with Crippen LogP contribution in [0.1, 0.15) is 12.5 Å². The first-order chi connectivity index (χ1) is 10.6. The number of hydrogen-bond acceptors (Lipinski definition) is 3. The molecule has 2 aliphatic carbocycles. The normalized spacial score (nSPS) is 17.4. The van der Waals surface area contributed by atoms with Crippen LogP contribution >= 0.6 is 0 Å². The highest BCUT2D eigenvalue weighted by Gasteiger charge is 2.35. The minimum Gasteiger partial charge on any atom is -0.447 e. The zero-order chi connectivity index (χ0) is 15.5. The van der Waals surface area contributed by atoms with Gasteiger partial charge in [-0.15, -0.1) is 0 Å². The molecule has 1 heterocycles. The van der Waals surface area contributed by atoms with Gasteiger partial charge >= 0.3 is 6.09 Å². The molecule has 1 aliphatic heterocycles. The Hall–Kier alpha value is -2.62. The van der Waals surface area contributed by atoms with E-state index in [0.717, 1.165) is 5.56 Å². The van der Waals surface area contributed by atoms with Gasteiger partial charge in [0.25, 0.3) is 0 Å². The van der Waals surface area contributed by atoms with Crippen molar-refractivity contribution >= 4 is 12.0 Å². The lowest BCUT2D eigenvalue weighted by molar-refractivity contribution is -0.126. The van der Waals surface area contributed by atoms with Crippen molar-refractivity contribution < 1.29 is 14.3 Å².